The number of hydrogen-bond donors (Lipinski definition) is 2. The van der Waals surface area contributed by atoms with E-state index < -0.39 is 0 Å². The molecule has 9 heteroatoms. The first kappa shape index (κ1) is 23.2. The van der Waals surface area contributed by atoms with Crippen molar-refractivity contribution < 1.29 is 9.53 Å². The summed E-state index contributed by atoms with van der Waals surface area (Å²) < 4.78 is 7.10. The minimum Gasteiger partial charge on any atom is -0.450 e. The van der Waals surface area contributed by atoms with Gasteiger partial charge in [0.05, 0.1) is 12.3 Å². The lowest BCUT2D eigenvalue weighted by molar-refractivity contribution is 0.0963. The van der Waals surface area contributed by atoms with Crippen LogP contribution in [0.25, 0.3) is 5.65 Å². The summed E-state index contributed by atoms with van der Waals surface area (Å²) in [7, 11) is 0. The van der Waals surface area contributed by atoms with Gasteiger partial charge in [0.2, 0.25) is 0 Å². The highest BCUT2D eigenvalue weighted by molar-refractivity contribution is 14.0. The zero-order valence-corrected chi connectivity index (χ0v) is 19.5. The molecule has 0 atom stereocenters. The van der Waals surface area contributed by atoms with Gasteiger partial charge in [0.25, 0.3) is 0 Å². The number of carbonyl (C=O) groups excluding carboxylic acids is 1. The van der Waals surface area contributed by atoms with Crippen LogP contribution in [0, 0.1) is 0 Å². The van der Waals surface area contributed by atoms with E-state index in [1.54, 1.807) is 4.90 Å². The van der Waals surface area contributed by atoms with Crippen LogP contribution in [0.2, 0.25) is 0 Å². The molecule has 1 saturated heterocycles. The number of hydrogen-bond acceptors (Lipinski definition) is 4. The smallest absolute Gasteiger partial charge is 0.409 e. The Morgan fingerprint density at radius 2 is 2.10 bits per heavy atom. The van der Waals surface area contributed by atoms with Gasteiger partial charge in [-0.2, -0.15) is 0 Å². The predicted molar refractivity (Wildman–Crippen MR) is 125 cm³/mol. The molecule has 0 spiro atoms. The Balaban J connectivity index is 0.00000300. The summed E-state index contributed by atoms with van der Waals surface area (Å²) in [5.74, 6) is 0.820. The van der Waals surface area contributed by atoms with Crippen LogP contribution < -0.4 is 10.6 Å². The van der Waals surface area contributed by atoms with E-state index in [2.05, 4.69) is 28.7 Å². The van der Waals surface area contributed by atoms with E-state index >= 15 is 0 Å². The van der Waals surface area contributed by atoms with Crippen LogP contribution >= 0.6 is 24.0 Å². The third-order valence-corrected chi connectivity index (χ3v) is 4.76. The molecule has 2 aromatic heterocycles. The SMILES string of the molecule is CCNC(=NCCc1cn2ccccc2n1)NC1CCN(C(=O)OCC)CC1.I. The quantitative estimate of drug-likeness (QED) is 0.352. The third-order valence-electron chi connectivity index (χ3n) is 4.76. The van der Waals surface area contributed by atoms with Gasteiger partial charge in [-0.1, -0.05) is 6.07 Å². The van der Waals surface area contributed by atoms with E-state index in [-0.39, 0.29) is 30.1 Å². The Labute approximate surface area is 189 Å². The highest BCUT2D eigenvalue weighted by Crippen LogP contribution is 2.11. The van der Waals surface area contributed by atoms with Gasteiger partial charge in [0.15, 0.2) is 5.96 Å². The molecule has 0 aromatic carbocycles. The molecule has 3 rings (SSSR count). The largest absolute Gasteiger partial charge is 0.450 e. The van der Waals surface area contributed by atoms with E-state index in [0.29, 0.717) is 32.3 Å². The average molecular weight is 514 g/mol. The fraction of sp³-hybridized carbons (Fsp3) is 0.550. The fourth-order valence-electron chi connectivity index (χ4n) is 3.32. The van der Waals surface area contributed by atoms with E-state index in [1.807, 2.05) is 35.7 Å². The summed E-state index contributed by atoms with van der Waals surface area (Å²) in [6, 6.07) is 6.29. The van der Waals surface area contributed by atoms with Crippen LogP contribution in [-0.4, -0.2) is 65.2 Å². The Bertz CT molecular complexity index is 768. The van der Waals surface area contributed by atoms with Crippen LogP contribution in [0.4, 0.5) is 4.79 Å². The van der Waals surface area contributed by atoms with E-state index in [0.717, 1.165) is 43.1 Å². The highest BCUT2D eigenvalue weighted by Gasteiger charge is 2.24. The number of aromatic nitrogens is 2. The van der Waals surface area contributed by atoms with Crippen molar-refractivity contribution in [2.75, 3.05) is 32.8 Å². The number of aliphatic imine (C=N–C) groups is 1. The fourth-order valence-corrected chi connectivity index (χ4v) is 3.32. The lowest BCUT2D eigenvalue weighted by Gasteiger charge is -2.32. The minimum absolute atomic E-state index is 0. The second kappa shape index (κ2) is 11.8. The van der Waals surface area contributed by atoms with Crippen LogP contribution in [0.1, 0.15) is 32.4 Å². The van der Waals surface area contributed by atoms with Crippen molar-refractivity contribution in [2.45, 2.75) is 39.2 Å². The summed E-state index contributed by atoms with van der Waals surface area (Å²) in [6.45, 7) is 7.19. The van der Waals surface area contributed by atoms with Gasteiger partial charge in [-0.3, -0.25) is 4.99 Å². The number of rotatable bonds is 6. The van der Waals surface area contributed by atoms with Crippen LogP contribution in [-0.2, 0) is 11.2 Å². The minimum atomic E-state index is -0.214. The summed E-state index contributed by atoms with van der Waals surface area (Å²) >= 11 is 0. The maximum absolute atomic E-state index is 11.8. The first-order valence-corrected chi connectivity index (χ1v) is 10.1. The lowest BCUT2D eigenvalue weighted by atomic mass is 10.1. The van der Waals surface area contributed by atoms with Gasteiger partial charge in [-0.25, -0.2) is 9.78 Å². The number of nitrogens with one attached hydrogen (secondary N) is 2. The number of nitrogens with zero attached hydrogens (tertiary/aromatic N) is 4. The molecular weight excluding hydrogens is 483 g/mol. The highest BCUT2D eigenvalue weighted by atomic mass is 127. The van der Waals surface area contributed by atoms with E-state index in [1.165, 1.54) is 0 Å². The van der Waals surface area contributed by atoms with Gasteiger partial charge < -0.3 is 24.7 Å². The van der Waals surface area contributed by atoms with Crippen LogP contribution in [0.5, 0.6) is 0 Å². The molecule has 0 bridgehead atoms. The third kappa shape index (κ3) is 6.76. The molecule has 0 unspecified atom stereocenters. The maximum Gasteiger partial charge on any atom is 0.409 e. The Kier molecular flexibility index (Phi) is 9.49. The van der Waals surface area contributed by atoms with Gasteiger partial charge >= 0.3 is 6.09 Å². The summed E-state index contributed by atoms with van der Waals surface area (Å²) in [5.41, 5.74) is 1.99. The molecule has 1 fully saturated rings. The number of ether oxygens (including phenoxy) is 1. The molecule has 1 amide bonds. The lowest BCUT2D eigenvalue weighted by Crippen LogP contribution is -2.50. The number of guanidine groups is 1. The number of pyridine rings is 1. The van der Waals surface area contributed by atoms with Crippen molar-refractivity contribution in [2.24, 2.45) is 4.99 Å². The molecule has 2 aromatic rings. The summed E-state index contributed by atoms with van der Waals surface area (Å²) in [4.78, 5) is 22.9. The molecule has 3 heterocycles. The summed E-state index contributed by atoms with van der Waals surface area (Å²) in [6.07, 6.45) is 6.40. The molecular formula is C20H31IN6O2. The summed E-state index contributed by atoms with van der Waals surface area (Å²) in [5, 5.41) is 6.80. The molecule has 160 valence electrons. The normalized spacial score (nSPS) is 15.1. The van der Waals surface area contributed by atoms with Gasteiger partial charge in [-0.05, 0) is 38.8 Å². The molecule has 1 aliphatic rings. The van der Waals surface area contributed by atoms with Gasteiger partial charge in [-0.15, -0.1) is 24.0 Å². The van der Waals surface area contributed by atoms with Crippen molar-refractivity contribution in [1.82, 2.24) is 24.9 Å². The number of halogens is 1. The number of carbonyl (C=O) groups is 1. The molecule has 8 nitrogen and oxygen atoms in total. The number of piperidine rings is 1. The second-order valence-corrected chi connectivity index (χ2v) is 6.81. The van der Waals surface area contributed by atoms with Crippen molar-refractivity contribution >= 4 is 41.7 Å². The Morgan fingerprint density at radius 1 is 1.31 bits per heavy atom. The van der Waals surface area contributed by atoms with E-state index in [4.69, 9.17) is 9.73 Å². The van der Waals surface area contributed by atoms with Gasteiger partial charge in [0.1, 0.15) is 5.65 Å². The van der Waals surface area contributed by atoms with Crippen molar-refractivity contribution in [1.29, 1.82) is 0 Å². The predicted octanol–water partition coefficient (Wildman–Crippen LogP) is 2.67. The first-order valence-electron chi connectivity index (χ1n) is 10.1. The Hall–Kier alpha value is -2.04. The number of amides is 1. The van der Waals surface area contributed by atoms with Crippen LogP contribution in [0.15, 0.2) is 35.6 Å². The Morgan fingerprint density at radius 3 is 2.79 bits per heavy atom. The zero-order chi connectivity index (χ0) is 19.8. The number of imidazole rings is 1. The molecule has 0 aliphatic carbocycles. The molecule has 0 saturated carbocycles. The topological polar surface area (TPSA) is 83.3 Å². The van der Waals surface area contributed by atoms with Crippen LogP contribution in [0.3, 0.4) is 0 Å². The standard InChI is InChI=1S/C20H30N6O2.HI/c1-3-21-19(24-16-9-13-25(14-10-16)20(27)28-4-2)22-11-8-17-15-26-12-6-5-7-18(26)23-17;/h5-7,12,15-16H,3-4,8-11,13-14H2,1-2H3,(H2,21,22,24);1H. The van der Waals surface area contributed by atoms with Crippen molar-refractivity contribution in [3.05, 3.63) is 36.3 Å². The molecule has 1 aliphatic heterocycles. The first-order chi connectivity index (χ1) is 13.7. The van der Waals surface area contributed by atoms with Crippen molar-refractivity contribution in [3.63, 3.8) is 0 Å². The van der Waals surface area contributed by atoms with E-state index in [9.17, 15) is 4.79 Å². The molecule has 2 N–H and O–H groups in total. The number of likely N-dealkylation sites (tertiary alicyclic amines) is 1. The second-order valence-electron chi connectivity index (χ2n) is 6.81. The monoisotopic (exact) mass is 514 g/mol. The van der Waals surface area contributed by atoms with Gasteiger partial charge in [0, 0.05) is 51.0 Å². The maximum atomic E-state index is 11.8. The molecule has 0 radical (unpaired) electrons. The van der Waals surface area contributed by atoms with Crippen molar-refractivity contribution in [3.8, 4) is 0 Å². The number of fused-ring (bicyclic) bond motifs is 1. The zero-order valence-electron chi connectivity index (χ0n) is 17.1. The average Bonchev–Trinajstić information content (AvgIpc) is 3.11. The molecule has 29 heavy (non-hydrogen) atoms.